The highest BCUT2D eigenvalue weighted by atomic mass is 14.3. The van der Waals surface area contributed by atoms with Crippen molar-refractivity contribution in [2.75, 3.05) is 0 Å². The molecule has 0 aromatic heterocycles. The molecule has 204 valence electrons. The highest BCUT2D eigenvalue weighted by molar-refractivity contribution is 5.48. The molecule has 0 heteroatoms. The first-order valence-corrected chi connectivity index (χ1v) is 15.0. The van der Waals surface area contributed by atoms with Crippen LogP contribution in [0.4, 0.5) is 0 Å². The standard InChI is InChI=1S/C18H28.C17H22.C2H6/c1-3-5-6-16-9-13-18(14-10-16)17-11-7-15(4-2)8-12-17;1-13(2)10-11-14(3)16(5)12-17-9-7-6-8-15(17)4;1-2/h7-8,11-12,16,18H,3-6,9-10,13-14H2,1-2H3;10-12H,1,3-9H2,2H3;1-2H3/b;11-10-,17-12+;. The summed E-state index contributed by atoms with van der Waals surface area (Å²) < 4.78 is 0. The largest absolute Gasteiger partial charge is 0.0961 e. The molecule has 0 heterocycles. The number of aryl methyl sites for hydroxylation is 1. The summed E-state index contributed by atoms with van der Waals surface area (Å²) in [5.74, 6) is 1.87. The first-order valence-electron chi connectivity index (χ1n) is 15.0. The van der Waals surface area contributed by atoms with Crippen LogP contribution in [0.5, 0.6) is 0 Å². The van der Waals surface area contributed by atoms with Crippen molar-refractivity contribution in [3.63, 3.8) is 0 Å². The van der Waals surface area contributed by atoms with Crippen LogP contribution in [0.25, 0.3) is 0 Å². The van der Waals surface area contributed by atoms with Gasteiger partial charge in [-0.2, -0.15) is 0 Å². The van der Waals surface area contributed by atoms with E-state index in [9.17, 15) is 0 Å². The van der Waals surface area contributed by atoms with E-state index in [4.69, 9.17) is 0 Å². The van der Waals surface area contributed by atoms with Crippen molar-refractivity contribution in [1.29, 1.82) is 0 Å². The monoisotopic (exact) mass is 500 g/mol. The Bertz CT molecular complexity index is 894. The maximum absolute atomic E-state index is 4.11. The van der Waals surface area contributed by atoms with Gasteiger partial charge in [0.05, 0.1) is 0 Å². The van der Waals surface area contributed by atoms with Crippen LogP contribution in [0.3, 0.4) is 0 Å². The van der Waals surface area contributed by atoms with E-state index in [1.165, 1.54) is 74.5 Å². The summed E-state index contributed by atoms with van der Waals surface area (Å²) in [7, 11) is 0. The van der Waals surface area contributed by atoms with Gasteiger partial charge in [-0.05, 0) is 104 Å². The predicted octanol–water partition coefficient (Wildman–Crippen LogP) is 12.0. The first kappa shape index (κ1) is 32.7. The lowest BCUT2D eigenvalue weighted by atomic mass is 9.77. The number of hydrogen-bond acceptors (Lipinski definition) is 0. The minimum absolute atomic E-state index is 0.841. The Morgan fingerprint density at radius 2 is 1.49 bits per heavy atom. The second kappa shape index (κ2) is 18.8. The van der Waals surface area contributed by atoms with Crippen molar-refractivity contribution in [2.24, 2.45) is 5.92 Å². The highest BCUT2D eigenvalue weighted by Gasteiger charge is 2.21. The third-order valence-electron chi connectivity index (χ3n) is 7.63. The summed E-state index contributed by atoms with van der Waals surface area (Å²) in [6, 6.07) is 9.38. The Hall–Kier alpha value is -2.34. The molecule has 37 heavy (non-hydrogen) atoms. The van der Waals surface area contributed by atoms with Crippen molar-refractivity contribution in [1.82, 2.24) is 0 Å². The van der Waals surface area contributed by atoms with E-state index in [2.05, 4.69) is 70.5 Å². The van der Waals surface area contributed by atoms with Crippen LogP contribution in [0.15, 0.2) is 96.7 Å². The van der Waals surface area contributed by atoms with Gasteiger partial charge < -0.3 is 0 Å². The summed E-state index contributed by atoms with van der Waals surface area (Å²) in [4.78, 5) is 0. The molecule has 1 aromatic rings. The molecule has 0 atom stereocenters. The highest BCUT2D eigenvalue weighted by Crippen LogP contribution is 2.37. The summed E-state index contributed by atoms with van der Waals surface area (Å²) in [6.07, 6.45) is 22.0. The lowest BCUT2D eigenvalue weighted by molar-refractivity contribution is 0.304. The van der Waals surface area contributed by atoms with E-state index in [0.29, 0.717) is 0 Å². The topological polar surface area (TPSA) is 0 Å². The molecule has 3 rings (SSSR count). The minimum Gasteiger partial charge on any atom is -0.0961 e. The van der Waals surface area contributed by atoms with Crippen LogP contribution in [-0.2, 0) is 6.42 Å². The molecular weight excluding hydrogens is 444 g/mol. The van der Waals surface area contributed by atoms with Gasteiger partial charge in [0.2, 0.25) is 0 Å². The minimum atomic E-state index is 0.841. The molecule has 0 N–H and O–H groups in total. The van der Waals surface area contributed by atoms with Crippen LogP contribution in [0, 0.1) is 5.92 Å². The van der Waals surface area contributed by atoms with Crippen LogP contribution in [0.1, 0.15) is 122 Å². The van der Waals surface area contributed by atoms with E-state index in [-0.39, 0.29) is 0 Å². The molecule has 0 unspecified atom stereocenters. The van der Waals surface area contributed by atoms with Crippen molar-refractivity contribution in [2.45, 2.75) is 118 Å². The summed E-state index contributed by atoms with van der Waals surface area (Å²) >= 11 is 0. The number of allylic oxidation sites excluding steroid dienone is 8. The van der Waals surface area contributed by atoms with Crippen molar-refractivity contribution < 1.29 is 0 Å². The van der Waals surface area contributed by atoms with Crippen LogP contribution < -0.4 is 0 Å². The van der Waals surface area contributed by atoms with Gasteiger partial charge in [0.15, 0.2) is 0 Å². The maximum atomic E-state index is 4.11. The molecular formula is C37H56. The second-order valence-corrected chi connectivity index (χ2v) is 10.7. The molecule has 0 aliphatic heterocycles. The molecule has 0 amide bonds. The fourth-order valence-corrected chi connectivity index (χ4v) is 5.12. The Kier molecular flexibility index (Phi) is 16.6. The summed E-state index contributed by atoms with van der Waals surface area (Å²) in [5, 5.41) is 0. The van der Waals surface area contributed by atoms with Gasteiger partial charge in [0.1, 0.15) is 0 Å². The van der Waals surface area contributed by atoms with E-state index in [0.717, 1.165) is 47.8 Å². The van der Waals surface area contributed by atoms with Crippen LogP contribution in [-0.4, -0.2) is 0 Å². The van der Waals surface area contributed by atoms with Gasteiger partial charge >= 0.3 is 0 Å². The molecule has 0 bridgehead atoms. The molecule has 0 radical (unpaired) electrons. The van der Waals surface area contributed by atoms with Crippen LogP contribution in [0.2, 0.25) is 0 Å². The van der Waals surface area contributed by atoms with E-state index < -0.39 is 0 Å². The van der Waals surface area contributed by atoms with Crippen molar-refractivity contribution >= 4 is 0 Å². The molecule has 2 aliphatic rings. The molecule has 2 aliphatic carbocycles. The summed E-state index contributed by atoms with van der Waals surface area (Å²) in [5.41, 5.74) is 8.59. The fourth-order valence-electron chi connectivity index (χ4n) is 5.12. The molecule has 1 aromatic carbocycles. The lowest BCUT2D eigenvalue weighted by Gasteiger charge is -2.28. The number of hydrogen-bond donors (Lipinski definition) is 0. The second-order valence-electron chi connectivity index (χ2n) is 10.7. The third kappa shape index (κ3) is 12.6. The average Bonchev–Trinajstić information content (AvgIpc) is 2.93. The zero-order valence-electron chi connectivity index (χ0n) is 25.0. The zero-order chi connectivity index (χ0) is 27.6. The van der Waals surface area contributed by atoms with Gasteiger partial charge in [-0.3, -0.25) is 0 Å². The quantitative estimate of drug-likeness (QED) is 0.296. The smallest absolute Gasteiger partial charge is 0.0162 e. The Morgan fingerprint density at radius 3 is 2.03 bits per heavy atom. The number of rotatable bonds is 9. The molecule has 0 saturated heterocycles. The SMILES string of the molecule is C=C(C)/C=C\C(=C)C(=C)/C=C1\CCCCC1=C.CC.CCCCC1CCC(c2ccc(CC)cc2)CC1. The van der Waals surface area contributed by atoms with E-state index in [1.807, 2.05) is 32.9 Å². The van der Waals surface area contributed by atoms with Gasteiger partial charge in [-0.25, -0.2) is 0 Å². The molecule has 0 spiro atoms. The maximum Gasteiger partial charge on any atom is -0.0162 e. The predicted molar refractivity (Wildman–Crippen MR) is 169 cm³/mol. The number of benzene rings is 1. The van der Waals surface area contributed by atoms with Crippen LogP contribution >= 0.6 is 0 Å². The van der Waals surface area contributed by atoms with Gasteiger partial charge in [0, 0.05) is 0 Å². The lowest BCUT2D eigenvalue weighted by Crippen LogP contribution is -2.13. The van der Waals surface area contributed by atoms with Crippen molar-refractivity contribution in [3.8, 4) is 0 Å². The molecule has 2 saturated carbocycles. The third-order valence-corrected chi connectivity index (χ3v) is 7.63. The Morgan fingerprint density at radius 1 is 0.865 bits per heavy atom. The summed E-state index contributed by atoms with van der Waals surface area (Å²) in [6.45, 7) is 26.5. The normalized spacial score (nSPS) is 20.5. The number of unbranched alkanes of at least 4 members (excludes halogenated alkanes) is 1. The van der Waals surface area contributed by atoms with Gasteiger partial charge in [-0.1, -0.05) is 127 Å². The average molecular weight is 501 g/mol. The van der Waals surface area contributed by atoms with Crippen molar-refractivity contribution in [3.05, 3.63) is 108 Å². The van der Waals surface area contributed by atoms with E-state index in [1.54, 1.807) is 5.56 Å². The molecule has 2 fully saturated rings. The first-order chi connectivity index (χ1) is 17.8. The van der Waals surface area contributed by atoms with Gasteiger partial charge in [0.25, 0.3) is 0 Å². The zero-order valence-corrected chi connectivity index (χ0v) is 25.0. The fraction of sp³-hybridized carbons (Fsp3) is 0.514. The molecule has 0 nitrogen and oxygen atoms in total. The van der Waals surface area contributed by atoms with E-state index >= 15 is 0 Å². The van der Waals surface area contributed by atoms with Gasteiger partial charge in [-0.15, -0.1) is 0 Å². The Labute approximate surface area is 231 Å². The Balaban J connectivity index is 0.000000348.